The number of hydrogen-bond acceptors (Lipinski definition) is 3. The molecule has 1 aliphatic heterocycles. The van der Waals surface area contributed by atoms with Crippen LogP contribution in [0.15, 0.2) is 47.3 Å². The molecule has 0 unspecified atom stereocenters. The number of aromatic amines is 1. The number of hydrogen-bond donors (Lipinski definition) is 1. The number of benzene rings is 2. The molecule has 5 nitrogen and oxygen atoms in total. The summed E-state index contributed by atoms with van der Waals surface area (Å²) in [6.45, 7) is 2.60. The molecule has 2 heterocycles. The average molecular weight is 433 g/mol. The van der Waals surface area contributed by atoms with Crippen LogP contribution < -0.4 is 5.56 Å². The van der Waals surface area contributed by atoms with Gasteiger partial charge in [0.1, 0.15) is 11.6 Å². The minimum atomic E-state index is -0.567. The smallest absolute Gasteiger partial charge is 0.259 e. The van der Waals surface area contributed by atoms with E-state index in [4.69, 9.17) is 5.26 Å². The summed E-state index contributed by atoms with van der Waals surface area (Å²) >= 11 is 0. The third-order valence-electron chi connectivity index (χ3n) is 5.84. The van der Waals surface area contributed by atoms with E-state index >= 15 is 0 Å². The van der Waals surface area contributed by atoms with Crippen LogP contribution in [-0.4, -0.2) is 28.9 Å². The van der Waals surface area contributed by atoms with Gasteiger partial charge in [0.05, 0.1) is 17.0 Å². The van der Waals surface area contributed by atoms with E-state index in [1.54, 1.807) is 17.0 Å². The summed E-state index contributed by atoms with van der Waals surface area (Å²) in [5.41, 5.74) is 2.43. The number of carbonyl (C=O) groups is 1. The molecule has 1 aromatic heterocycles. The zero-order chi connectivity index (χ0) is 22.8. The van der Waals surface area contributed by atoms with Gasteiger partial charge in [0.15, 0.2) is 0 Å². The summed E-state index contributed by atoms with van der Waals surface area (Å²) in [6, 6.07) is 10.9. The number of nitrogens with zero attached hydrogens (tertiary/aromatic N) is 2. The lowest BCUT2D eigenvalue weighted by molar-refractivity contribution is -0.130. The van der Waals surface area contributed by atoms with Crippen molar-refractivity contribution in [1.82, 2.24) is 9.88 Å². The van der Waals surface area contributed by atoms with Gasteiger partial charge >= 0.3 is 0 Å². The summed E-state index contributed by atoms with van der Waals surface area (Å²) in [4.78, 5) is 29.3. The first-order valence-corrected chi connectivity index (χ1v) is 10.3. The maximum atomic E-state index is 14.2. The summed E-state index contributed by atoms with van der Waals surface area (Å²) in [5, 5.41) is 9.61. The normalized spacial score (nSPS) is 13.7. The first kappa shape index (κ1) is 21.4. The van der Waals surface area contributed by atoms with Crippen LogP contribution in [-0.2, 0) is 11.2 Å². The van der Waals surface area contributed by atoms with Crippen LogP contribution in [0.4, 0.5) is 8.78 Å². The Balaban J connectivity index is 1.45. The Morgan fingerprint density at radius 3 is 2.69 bits per heavy atom. The SMILES string of the molecule is Cc1ccc(F)c2c(=O)[nH]c(CCC(=O)N3CC=C(c4cc(C#N)ccc4F)CC3)cc12. The fraction of sp³-hybridized carbons (Fsp3) is 0.240. The first-order chi connectivity index (χ1) is 15.4. The fourth-order valence-electron chi connectivity index (χ4n) is 4.05. The average Bonchev–Trinajstić information content (AvgIpc) is 2.80. The highest BCUT2D eigenvalue weighted by Gasteiger charge is 2.20. The number of nitrogens with one attached hydrogen (secondary N) is 1. The van der Waals surface area contributed by atoms with E-state index in [9.17, 15) is 18.4 Å². The van der Waals surface area contributed by atoms with E-state index in [0.717, 1.165) is 11.1 Å². The van der Waals surface area contributed by atoms with Gasteiger partial charge < -0.3 is 9.88 Å². The van der Waals surface area contributed by atoms with Crippen LogP contribution in [0.2, 0.25) is 0 Å². The second kappa shape index (κ2) is 8.75. The topological polar surface area (TPSA) is 77.0 Å². The van der Waals surface area contributed by atoms with Gasteiger partial charge in [-0.05, 0) is 66.6 Å². The van der Waals surface area contributed by atoms with Gasteiger partial charge in [-0.15, -0.1) is 0 Å². The van der Waals surface area contributed by atoms with Crippen molar-refractivity contribution in [2.24, 2.45) is 0 Å². The Bertz CT molecular complexity index is 1350. The van der Waals surface area contributed by atoms with Crippen molar-refractivity contribution in [1.29, 1.82) is 5.26 Å². The molecular weight excluding hydrogens is 412 g/mol. The fourth-order valence-corrected chi connectivity index (χ4v) is 4.05. The molecule has 0 atom stereocenters. The van der Waals surface area contributed by atoms with E-state index in [-0.39, 0.29) is 23.5 Å². The monoisotopic (exact) mass is 433 g/mol. The molecule has 1 aliphatic rings. The standard InChI is InChI=1S/C25H21F2N3O2/c1-15-2-5-22(27)24-19(15)13-18(29-25(24)32)4-7-23(31)30-10-8-17(9-11-30)20-12-16(14-28)3-6-21(20)26/h2-3,5-6,8,12-13H,4,7,9-11H2,1H3,(H,29,32). The minimum Gasteiger partial charge on any atom is -0.339 e. The summed E-state index contributed by atoms with van der Waals surface area (Å²) in [6.07, 6.45) is 2.82. The number of halogens is 2. The molecule has 1 N–H and O–H groups in total. The van der Waals surface area contributed by atoms with Crippen molar-refractivity contribution in [2.75, 3.05) is 13.1 Å². The predicted molar refractivity (Wildman–Crippen MR) is 118 cm³/mol. The number of amides is 1. The Hall–Kier alpha value is -3.79. The van der Waals surface area contributed by atoms with Crippen LogP contribution in [0, 0.1) is 29.9 Å². The Labute approximate surface area is 183 Å². The lowest BCUT2D eigenvalue weighted by atomic mass is 9.97. The highest BCUT2D eigenvalue weighted by Crippen LogP contribution is 2.26. The number of H-pyrrole nitrogens is 1. The molecule has 32 heavy (non-hydrogen) atoms. The molecule has 0 spiro atoms. The Morgan fingerprint density at radius 1 is 1.19 bits per heavy atom. The van der Waals surface area contributed by atoms with Crippen LogP contribution >= 0.6 is 0 Å². The van der Waals surface area contributed by atoms with Crippen molar-refractivity contribution in [3.8, 4) is 6.07 Å². The van der Waals surface area contributed by atoms with Gasteiger partial charge in [-0.25, -0.2) is 8.78 Å². The molecule has 3 aromatic rings. The third kappa shape index (κ3) is 4.17. The second-order valence-corrected chi connectivity index (χ2v) is 7.90. The molecule has 0 fully saturated rings. The van der Waals surface area contributed by atoms with E-state index in [0.29, 0.717) is 48.1 Å². The number of fused-ring (bicyclic) bond motifs is 1. The molecular formula is C25H21F2N3O2. The molecule has 162 valence electrons. The van der Waals surface area contributed by atoms with Crippen molar-refractivity contribution < 1.29 is 13.6 Å². The number of aryl methyl sites for hydroxylation is 2. The number of aromatic nitrogens is 1. The van der Waals surface area contributed by atoms with Crippen molar-refractivity contribution in [3.63, 3.8) is 0 Å². The van der Waals surface area contributed by atoms with Crippen molar-refractivity contribution in [2.45, 2.75) is 26.2 Å². The van der Waals surface area contributed by atoms with Crippen LogP contribution in [0.25, 0.3) is 16.3 Å². The summed E-state index contributed by atoms with van der Waals surface area (Å²) < 4.78 is 28.2. The Kier molecular flexibility index (Phi) is 5.87. The molecule has 7 heteroatoms. The van der Waals surface area contributed by atoms with Crippen LogP contribution in [0.1, 0.15) is 35.2 Å². The number of pyridine rings is 1. The van der Waals surface area contributed by atoms with Gasteiger partial charge in [0.25, 0.3) is 5.56 Å². The molecule has 0 saturated heterocycles. The Morgan fingerprint density at radius 2 is 1.97 bits per heavy atom. The van der Waals surface area contributed by atoms with Gasteiger partial charge in [-0.3, -0.25) is 9.59 Å². The van der Waals surface area contributed by atoms with E-state index in [2.05, 4.69) is 4.98 Å². The lowest BCUT2D eigenvalue weighted by Gasteiger charge is -2.27. The molecule has 0 radical (unpaired) electrons. The van der Waals surface area contributed by atoms with Gasteiger partial charge in [0.2, 0.25) is 5.91 Å². The number of nitriles is 1. The van der Waals surface area contributed by atoms with Gasteiger partial charge in [-0.1, -0.05) is 12.1 Å². The third-order valence-corrected chi connectivity index (χ3v) is 5.84. The number of rotatable bonds is 4. The molecule has 4 rings (SSSR count). The van der Waals surface area contributed by atoms with Gasteiger partial charge in [-0.2, -0.15) is 5.26 Å². The largest absolute Gasteiger partial charge is 0.339 e. The predicted octanol–water partition coefficient (Wildman–Crippen LogP) is 4.23. The van der Waals surface area contributed by atoms with E-state index in [1.165, 1.54) is 24.3 Å². The molecule has 2 aromatic carbocycles. The zero-order valence-electron chi connectivity index (χ0n) is 17.5. The molecule has 0 aliphatic carbocycles. The molecule has 0 saturated carbocycles. The minimum absolute atomic E-state index is 0.0291. The second-order valence-electron chi connectivity index (χ2n) is 7.90. The van der Waals surface area contributed by atoms with Crippen molar-refractivity contribution in [3.05, 3.63) is 86.8 Å². The molecule has 0 bridgehead atoms. The van der Waals surface area contributed by atoms with Gasteiger partial charge in [0, 0.05) is 30.8 Å². The van der Waals surface area contributed by atoms with Crippen molar-refractivity contribution >= 4 is 22.3 Å². The summed E-state index contributed by atoms with van der Waals surface area (Å²) in [5.74, 6) is -1.03. The number of carbonyl (C=O) groups excluding carboxylic acids is 1. The van der Waals surface area contributed by atoms with Crippen LogP contribution in [0.5, 0.6) is 0 Å². The highest BCUT2D eigenvalue weighted by atomic mass is 19.1. The maximum Gasteiger partial charge on any atom is 0.259 e. The van der Waals surface area contributed by atoms with E-state index in [1.807, 2.05) is 19.1 Å². The highest BCUT2D eigenvalue weighted by molar-refractivity contribution is 5.86. The first-order valence-electron chi connectivity index (χ1n) is 10.3. The lowest BCUT2D eigenvalue weighted by Crippen LogP contribution is -2.35. The maximum absolute atomic E-state index is 14.2. The van der Waals surface area contributed by atoms with E-state index < -0.39 is 11.4 Å². The molecule has 1 amide bonds. The quantitative estimate of drug-likeness (QED) is 0.669. The summed E-state index contributed by atoms with van der Waals surface area (Å²) in [7, 11) is 0. The zero-order valence-corrected chi connectivity index (χ0v) is 17.5. The van der Waals surface area contributed by atoms with Crippen LogP contribution in [0.3, 0.4) is 0 Å².